The van der Waals surface area contributed by atoms with E-state index in [0.717, 1.165) is 5.56 Å². The number of carboxylic acids is 1. The van der Waals surface area contributed by atoms with Crippen LogP contribution in [-0.2, 0) is 0 Å². The van der Waals surface area contributed by atoms with Crippen molar-refractivity contribution in [3.63, 3.8) is 0 Å². The van der Waals surface area contributed by atoms with Crippen molar-refractivity contribution >= 4 is 5.97 Å². The summed E-state index contributed by atoms with van der Waals surface area (Å²) < 4.78 is 5.60. The van der Waals surface area contributed by atoms with E-state index in [9.17, 15) is 4.79 Å². The molecular weight excluding hydrogens is 256 g/mol. The Morgan fingerprint density at radius 1 is 1.30 bits per heavy atom. The molecule has 20 heavy (non-hydrogen) atoms. The van der Waals surface area contributed by atoms with Gasteiger partial charge >= 0.3 is 5.97 Å². The third-order valence-corrected chi connectivity index (χ3v) is 2.71. The van der Waals surface area contributed by atoms with Crippen molar-refractivity contribution in [2.75, 3.05) is 0 Å². The highest BCUT2D eigenvalue weighted by Crippen LogP contribution is 2.25. The largest absolute Gasteiger partial charge is 0.478 e. The molecular formula is C15H12N2O3. The second-order valence-corrected chi connectivity index (χ2v) is 4.33. The number of aromatic nitrogens is 1. The van der Waals surface area contributed by atoms with Gasteiger partial charge in [-0.3, -0.25) is 0 Å². The number of nitriles is 1. The maximum absolute atomic E-state index is 11.0. The molecule has 1 aromatic carbocycles. The molecule has 0 aliphatic heterocycles. The van der Waals surface area contributed by atoms with Crippen LogP contribution in [0.2, 0.25) is 0 Å². The summed E-state index contributed by atoms with van der Waals surface area (Å²) in [6.07, 6.45) is 0. The van der Waals surface area contributed by atoms with Crippen LogP contribution in [0.25, 0.3) is 0 Å². The fourth-order valence-corrected chi connectivity index (χ4v) is 1.71. The molecule has 100 valence electrons. The lowest BCUT2D eigenvalue weighted by Crippen LogP contribution is -1.99. The van der Waals surface area contributed by atoms with Crippen molar-refractivity contribution < 1.29 is 14.6 Å². The van der Waals surface area contributed by atoms with Crippen molar-refractivity contribution in [3.05, 3.63) is 52.7 Å². The van der Waals surface area contributed by atoms with Gasteiger partial charge in [-0.1, -0.05) is 6.07 Å². The summed E-state index contributed by atoms with van der Waals surface area (Å²) in [6, 6.07) is 9.80. The average Bonchev–Trinajstić information content (AvgIpc) is 2.40. The number of aryl methyl sites for hydroxylation is 2. The number of ether oxygens (including phenoxy) is 1. The molecule has 1 N–H and O–H groups in total. The minimum absolute atomic E-state index is 0.138. The molecule has 2 rings (SSSR count). The Kier molecular flexibility index (Phi) is 3.67. The summed E-state index contributed by atoms with van der Waals surface area (Å²) in [5, 5.41) is 17.9. The standard InChI is InChI=1S/C15H12N2O3/c1-9-3-4-12(15(18)19)7-13(9)20-14-6-11(8-16)5-10(2)17-14/h3-7H,1-2H3,(H,18,19). The first-order chi connectivity index (χ1) is 9.49. The van der Waals surface area contributed by atoms with Gasteiger partial charge in [0.15, 0.2) is 0 Å². The summed E-state index contributed by atoms with van der Waals surface area (Å²) in [4.78, 5) is 15.1. The van der Waals surface area contributed by atoms with Crippen molar-refractivity contribution in [3.8, 4) is 17.7 Å². The number of pyridine rings is 1. The van der Waals surface area contributed by atoms with E-state index in [-0.39, 0.29) is 11.4 Å². The van der Waals surface area contributed by atoms with Gasteiger partial charge in [-0.25, -0.2) is 9.78 Å². The van der Waals surface area contributed by atoms with Gasteiger partial charge in [0.1, 0.15) is 5.75 Å². The van der Waals surface area contributed by atoms with Crippen LogP contribution in [0, 0.1) is 25.2 Å². The molecule has 0 spiro atoms. The van der Waals surface area contributed by atoms with E-state index in [1.807, 2.05) is 13.0 Å². The number of nitrogens with zero attached hydrogens (tertiary/aromatic N) is 2. The molecule has 0 radical (unpaired) electrons. The molecule has 0 aliphatic rings. The van der Waals surface area contributed by atoms with Crippen LogP contribution in [0.4, 0.5) is 0 Å². The van der Waals surface area contributed by atoms with Gasteiger partial charge in [0.2, 0.25) is 5.88 Å². The molecule has 0 amide bonds. The second kappa shape index (κ2) is 5.41. The van der Waals surface area contributed by atoms with E-state index in [2.05, 4.69) is 4.98 Å². The normalized spacial score (nSPS) is 9.85. The number of benzene rings is 1. The molecule has 2 aromatic rings. The van der Waals surface area contributed by atoms with E-state index in [0.29, 0.717) is 17.0 Å². The highest BCUT2D eigenvalue weighted by molar-refractivity contribution is 5.88. The fraction of sp³-hybridized carbons (Fsp3) is 0.133. The van der Waals surface area contributed by atoms with Gasteiger partial charge < -0.3 is 9.84 Å². The average molecular weight is 268 g/mol. The Hall–Kier alpha value is -2.87. The van der Waals surface area contributed by atoms with Crippen molar-refractivity contribution in [2.24, 2.45) is 0 Å². The second-order valence-electron chi connectivity index (χ2n) is 4.33. The van der Waals surface area contributed by atoms with Crippen molar-refractivity contribution in [2.45, 2.75) is 13.8 Å². The Morgan fingerprint density at radius 2 is 2.05 bits per heavy atom. The molecule has 0 atom stereocenters. The van der Waals surface area contributed by atoms with E-state index in [1.165, 1.54) is 18.2 Å². The minimum atomic E-state index is -1.02. The Balaban J connectivity index is 2.39. The zero-order valence-electron chi connectivity index (χ0n) is 11.0. The first-order valence-corrected chi connectivity index (χ1v) is 5.90. The zero-order chi connectivity index (χ0) is 14.7. The van der Waals surface area contributed by atoms with Crippen LogP contribution in [0.15, 0.2) is 30.3 Å². The van der Waals surface area contributed by atoms with Crippen LogP contribution >= 0.6 is 0 Å². The topological polar surface area (TPSA) is 83.2 Å². The van der Waals surface area contributed by atoms with Gasteiger partial charge in [0.05, 0.1) is 17.2 Å². The van der Waals surface area contributed by atoms with Gasteiger partial charge in [0.25, 0.3) is 0 Å². The molecule has 0 bridgehead atoms. The summed E-state index contributed by atoms with van der Waals surface area (Å²) in [6.45, 7) is 3.57. The number of carboxylic acid groups (broad SMARTS) is 1. The lowest BCUT2D eigenvalue weighted by Gasteiger charge is -2.09. The number of rotatable bonds is 3. The fourth-order valence-electron chi connectivity index (χ4n) is 1.71. The van der Waals surface area contributed by atoms with Crippen molar-refractivity contribution in [1.29, 1.82) is 5.26 Å². The van der Waals surface area contributed by atoms with Gasteiger partial charge in [-0.2, -0.15) is 5.26 Å². The van der Waals surface area contributed by atoms with E-state index in [4.69, 9.17) is 15.1 Å². The predicted octanol–water partition coefficient (Wildman–Crippen LogP) is 3.06. The molecule has 5 heteroatoms. The van der Waals surface area contributed by atoms with E-state index < -0.39 is 5.97 Å². The zero-order valence-corrected chi connectivity index (χ0v) is 11.0. The smallest absolute Gasteiger partial charge is 0.335 e. The number of hydrogen-bond donors (Lipinski definition) is 1. The summed E-state index contributed by atoms with van der Waals surface area (Å²) in [7, 11) is 0. The first kappa shape index (κ1) is 13.6. The van der Waals surface area contributed by atoms with Crippen LogP contribution in [0.3, 0.4) is 0 Å². The molecule has 0 saturated heterocycles. The minimum Gasteiger partial charge on any atom is -0.478 e. The Morgan fingerprint density at radius 3 is 2.70 bits per heavy atom. The third kappa shape index (κ3) is 2.93. The lowest BCUT2D eigenvalue weighted by atomic mass is 10.1. The highest BCUT2D eigenvalue weighted by atomic mass is 16.5. The Labute approximate surface area is 116 Å². The summed E-state index contributed by atoms with van der Waals surface area (Å²) in [5.41, 5.74) is 2.03. The van der Waals surface area contributed by atoms with E-state index >= 15 is 0 Å². The number of hydrogen-bond acceptors (Lipinski definition) is 4. The quantitative estimate of drug-likeness (QED) is 0.924. The molecule has 0 aliphatic carbocycles. The highest BCUT2D eigenvalue weighted by Gasteiger charge is 2.09. The van der Waals surface area contributed by atoms with Gasteiger partial charge in [0, 0.05) is 11.8 Å². The molecule has 0 saturated carbocycles. The number of aromatic carboxylic acids is 1. The van der Waals surface area contributed by atoms with Crippen LogP contribution in [0.1, 0.15) is 27.2 Å². The van der Waals surface area contributed by atoms with Crippen LogP contribution in [0.5, 0.6) is 11.6 Å². The van der Waals surface area contributed by atoms with Gasteiger partial charge in [-0.15, -0.1) is 0 Å². The molecule has 0 unspecified atom stereocenters. The van der Waals surface area contributed by atoms with Crippen LogP contribution < -0.4 is 4.74 Å². The monoisotopic (exact) mass is 268 g/mol. The van der Waals surface area contributed by atoms with Gasteiger partial charge in [-0.05, 0) is 37.6 Å². The van der Waals surface area contributed by atoms with Crippen molar-refractivity contribution in [1.82, 2.24) is 4.98 Å². The maximum Gasteiger partial charge on any atom is 0.335 e. The molecule has 0 fully saturated rings. The number of carbonyl (C=O) groups is 1. The third-order valence-electron chi connectivity index (χ3n) is 2.71. The lowest BCUT2D eigenvalue weighted by molar-refractivity contribution is 0.0696. The molecule has 1 heterocycles. The first-order valence-electron chi connectivity index (χ1n) is 5.90. The van der Waals surface area contributed by atoms with E-state index in [1.54, 1.807) is 19.1 Å². The predicted molar refractivity (Wildman–Crippen MR) is 71.9 cm³/mol. The molecule has 1 aromatic heterocycles. The summed E-state index contributed by atoms with van der Waals surface area (Å²) in [5.74, 6) is -0.344. The summed E-state index contributed by atoms with van der Waals surface area (Å²) >= 11 is 0. The molecule has 5 nitrogen and oxygen atoms in total. The SMILES string of the molecule is Cc1cc(C#N)cc(Oc2cc(C(=O)O)ccc2C)n1. The maximum atomic E-state index is 11.0. The van der Waals surface area contributed by atoms with Crippen LogP contribution in [-0.4, -0.2) is 16.1 Å². The Bertz CT molecular complexity index is 718.